The third-order valence-corrected chi connectivity index (χ3v) is 3.11. The highest BCUT2D eigenvalue weighted by atomic mass is 19.4. The fourth-order valence-corrected chi connectivity index (χ4v) is 2.21. The highest BCUT2D eigenvalue weighted by Gasteiger charge is 2.29. The van der Waals surface area contributed by atoms with E-state index >= 15 is 0 Å². The van der Waals surface area contributed by atoms with Crippen LogP contribution >= 0.6 is 0 Å². The molecule has 0 radical (unpaired) electrons. The standard InChI is InChI=1S/C11H19F3N2O/c12-11(13,14)7-16-10(17)9(15)6-8-4-2-1-3-5-8/h8-9H,1-7,15H2,(H,16,17). The minimum absolute atomic E-state index is 0.385. The summed E-state index contributed by atoms with van der Waals surface area (Å²) in [6.45, 7) is -1.30. The molecule has 1 saturated carbocycles. The Balaban J connectivity index is 2.26. The summed E-state index contributed by atoms with van der Waals surface area (Å²) in [7, 11) is 0. The topological polar surface area (TPSA) is 55.1 Å². The van der Waals surface area contributed by atoms with Crippen molar-refractivity contribution >= 4 is 5.91 Å². The molecule has 1 unspecified atom stereocenters. The van der Waals surface area contributed by atoms with E-state index in [1.54, 1.807) is 0 Å². The molecule has 1 aliphatic rings. The van der Waals surface area contributed by atoms with E-state index in [0.717, 1.165) is 25.7 Å². The molecule has 1 amide bonds. The van der Waals surface area contributed by atoms with Crippen molar-refractivity contribution in [1.82, 2.24) is 5.32 Å². The molecular weight excluding hydrogens is 233 g/mol. The zero-order valence-corrected chi connectivity index (χ0v) is 9.72. The van der Waals surface area contributed by atoms with Crippen molar-refractivity contribution < 1.29 is 18.0 Å². The second kappa shape index (κ2) is 6.23. The number of amides is 1. The molecule has 0 spiro atoms. The predicted molar refractivity (Wildman–Crippen MR) is 58.2 cm³/mol. The van der Waals surface area contributed by atoms with Crippen molar-refractivity contribution in [3.63, 3.8) is 0 Å². The van der Waals surface area contributed by atoms with E-state index in [1.807, 2.05) is 5.32 Å². The highest BCUT2D eigenvalue weighted by Crippen LogP contribution is 2.26. The van der Waals surface area contributed by atoms with Gasteiger partial charge >= 0.3 is 6.18 Å². The number of nitrogens with two attached hydrogens (primary N) is 1. The number of nitrogens with one attached hydrogen (secondary N) is 1. The maximum absolute atomic E-state index is 11.9. The molecule has 0 aromatic rings. The van der Waals surface area contributed by atoms with Crippen molar-refractivity contribution in [3.05, 3.63) is 0 Å². The predicted octanol–water partition coefficient (Wildman–Crippen LogP) is 1.96. The molecular formula is C11H19F3N2O. The van der Waals surface area contributed by atoms with E-state index in [4.69, 9.17) is 5.73 Å². The van der Waals surface area contributed by atoms with Gasteiger partial charge in [0.05, 0.1) is 6.04 Å². The van der Waals surface area contributed by atoms with Crippen LogP contribution in [0.1, 0.15) is 38.5 Å². The zero-order valence-electron chi connectivity index (χ0n) is 9.72. The van der Waals surface area contributed by atoms with Gasteiger partial charge in [0.15, 0.2) is 0 Å². The van der Waals surface area contributed by atoms with Crippen molar-refractivity contribution in [2.45, 2.75) is 50.7 Å². The average Bonchev–Trinajstić information content (AvgIpc) is 2.26. The highest BCUT2D eigenvalue weighted by molar-refractivity contribution is 5.81. The first-order valence-electron chi connectivity index (χ1n) is 5.98. The maximum Gasteiger partial charge on any atom is 0.405 e. The summed E-state index contributed by atoms with van der Waals surface area (Å²) < 4.78 is 35.6. The molecule has 17 heavy (non-hydrogen) atoms. The number of rotatable bonds is 4. The molecule has 0 aromatic heterocycles. The van der Waals surface area contributed by atoms with Crippen LogP contribution < -0.4 is 11.1 Å². The first-order chi connectivity index (χ1) is 7.88. The molecule has 0 heterocycles. The van der Waals surface area contributed by atoms with Gasteiger partial charge in [0.1, 0.15) is 6.54 Å². The molecule has 0 bridgehead atoms. The number of alkyl halides is 3. The largest absolute Gasteiger partial charge is 0.405 e. The zero-order chi connectivity index (χ0) is 12.9. The number of hydrogen-bond acceptors (Lipinski definition) is 2. The average molecular weight is 252 g/mol. The van der Waals surface area contributed by atoms with E-state index in [2.05, 4.69) is 0 Å². The van der Waals surface area contributed by atoms with Gasteiger partial charge in [0.25, 0.3) is 0 Å². The first kappa shape index (κ1) is 14.3. The molecule has 0 aliphatic heterocycles. The van der Waals surface area contributed by atoms with Crippen LogP contribution in [0.4, 0.5) is 13.2 Å². The Morgan fingerprint density at radius 1 is 1.29 bits per heavy atom. The van der Waals surface area contributed by atoms with E-state index < -0.39 is 24.7 Å². The molecule has 0 aromatic carbocycles. The third kappa shape index (κ3) is 5.91. The second-order valence-electron chi connectivity index (χ2n) is 4.68. The summed E-state index contributed by atoms with van der Waals surface area (Å²) in [6.07, 6.45) is 1.62. The lowest BCUT2D eigenvalue weighted by Crippen LogP contribution is -2.45. The fraction of sp³-hybridized carbons (Fsp3) is 0.909. The monoisotopic (exact) mass is 252 g/mol. The Morgan fingerprint density at radius 2 is 1.88 bits per heavy atom. The quantitative estimate of drug-likeness (QED) is 0.803. The van der Waals surface area contributed by atoms with E-state index in [-0.39, 0.29) is 0 Å². The summed E-state index contributed by atoms with van der Waals surface area (Å²) in [5, 5.41) is 1.82. The molecule has 1 fully saturated rings. The summed E-state index contributed by atoms with van der Waals surface area (Å²) in [6, 6.07) is -0.819. The molecule has 1 rings (SSSR count). The second-order valence-corrected chi connectivity index (χ2v) is 4.68. The molecule has 6 heteroatoms. The van der Waals surface area contributed by atoms with E-state index in [0.29, 0.717) is 12.3 Å². The van der Waals surface area contributed by atoms with Crippen LogP contribution in [0, 0.1) is 5.92 Å². The summed E-state index contributed by atoms with van der Waals surface area (Å²) >= 11 is 0. The van der Waals surface area contributed by atoms with Crippen LogP contribution in [-0.2, 0) is 4.79 Å². The Labute approximate surface area is 98.9 Å². The molecule has 1 aliphatic carbocycles. The van der Waals surface area contributed by atoms with Crippen molar-refractivity contribution in [2.75, 3.05) is 6.54 Å². The third-order valence-electron chi connectivity index (χ3n) is 3.11. The van der Waals surface area contributed by atoms with Gasteiger partial charge in [0.2, 0.25) is 5.91 Å². The number of halogens is 3. The molecule has 100 valence electrons. The van der Waals surface area contributed by atoms with Crippen LogP contribution in [-0.4, -0.2) is 24.7 Å². The number of carbonyl (C=O) groups excluding carboxylic acids is 1. The Morgan fingerprint density at radius 3 is 2.41 bits per heavy atom. The van der Waals surface area contributed by atoms with E-state index in [9.17, 15) is 18.0 Å². The number of carbonyl (C=O) groups is 1. The molecule has 3 N–H and O–H groups in total. The Bertz CT molecular complexity index is 250. The summed E-state index contributed by atoms with van der Waals surface area (Å²) in [4.78, 5) is 11.3. The SMILES string of the molecule is NC(CC1CCCCC1)C(=O)NCC(F)(F)F. The lowest BCUT2D eigenvalue weighted by Gasteiger charge is -2.24. The normalized spacial score (nSPS) is 20.0. The molecule has 1 atom stereocenters. The van der Waals surface area contributed by atoms with Gasteiger partial charge in [-0.1, -0.05) is 32.1 Å². The van der Waals surface area contributed by atoms with Crippen molar-refractivity contribution in [1.29, 1.82) is 0 Å². The van der Waals surface area contributed by atoms with Gasteiger partial charge < -0.3 is 11.1 Å². The molecule has 0 saturated heterocycles. The van der Waals surface area contributed by atoms with Crippen molar-refractivity contribution in [2.24, 2.45) is 11.7 Å². The Hall–Kier alpha value is -0.780. The summed E-state index contributed by atoms with van der Waals surface area (Å²) in [5.41, 5.74) is 5.60. The maximum atomic E-state index is 11.9. The minimum atomic E-state index is -4.37. The lowest BCUT2D eigenvalue weighted by molar-refractivity contribution is -0.139. The van der Waals surface area contributed by atoms with Gasteiger partial charge in [0, 0.05) is 0 Å². The van der Waals surface area contributed by atoms with Gasteiger partial charge in [-0.15, -0.1) is 0 Å². The van der Waals surface area contributed by atoms with Crippen LogP contribution in [0.15, 0.2) is 0 Å². The number of hydrogen-bond donors (Lipinski definition) is 2. The minimum Gasteiger partial charge on any atom is -0.346 e. The van der Waals surface area contributed by atoms with Gasteiger partial charge in [-0.3, -0.25) is 4.79 Å². The van der Waals surface area contributed by atoms with Gasteiger partial charge in [-0.2, -0.15) is 13.2 Å². The van der Waals surface area contributed by atoms with Crippen LogP contribution in [0.2, 0.25) is 0 Å². The van der Waals surface area contributed by atoms with Crippen LogP contribution in [0.3, 0.4) is 0 Å². The Kier molecular flexibility index (Phi) is 5.24. The van der Waals surface area contributed by atoms with Gasteiger partial charge in [-0.25, -0.2) is 0 Å². The smallest absolute Gasteiger partial charge is 0.346 e. The van der Waals surface area contributed by atoms with E-state index in [1.165, 1.54) is 6.42 Å². The first-order valence-corrected chi connectivity index (χ1v) is 5.98. The van der Waals surface area contributed by atoms with Crippen LogP contribution in [0.5, 0.6) is 0 Å². The molecule has 3 nitrogen and oxygen atoms in total. The lowest BCUT2D eigenvalue weighted by atomic mass is 9.85. The fourth-order valence-electron chi connectivity index (χ4n) is 2.21. The van der Waals surface area contributed by atoms with Crippen molar-refractivity contribution in [3.8, 4) is 0 Å². The van der Waals surface area contributed by atoms with Crippen LogP contribution in [0.25, 0.3) is 0 Å². The van der Waals surface area contributed by atoms with Gasteiger partial charge in [-0.05, 0) is 12.3 Å². The summed E-state index contributed by atoms with van der Waals surface area (Å²) in [5.74, 6) is -0.316.